The molecular weight excluding hydrogens is 434 g/mol. The van der Waals surface area contributed by atoms with E-state index in [1.54, 1.807) is 18.7 Å². The predicted molar refractivity (Wildman–Crippen MR) is 118 cm³/mol. The maximum absolute atomic E-state index is 13.2. The molecule has 2 aliphatic rings. The summed E-state index contributed by atoms with van der Waals surface area (Å²) in [4.78, 5) is 29.9. The van der Waals surface area contributed by atoms with Gasteiger partial charge in [0.15, 0.2) is 11.6 Å². The Morgan fingerprint density at radius 2 is 2.12 bits per heavy atom. The molecule has 1 saturated heterocycles. The standard InChI is InChI=1S/C22H29N3O6S/c1-13-11-16(26)18(28)19(30-13)22(6-8-29-9-7-22)12-17(27)23-15(5-10-32-2)21-24-20(25-31-21)14-3-4-14/h11,14-15,28H,3-10,12H2,1-2H3,(H,23,27). The van der Waals surface area contributed by atoms with E-state index in [1.807, 2.05) is 6.26 Å². The van der Waals surface area contributed by atoms with Gasteiger partial charge in [-0.3, -0.25) is 9.59 Å². The molecule has 2 N–H and O–H groups in total. The van der Waals surface area contributed by atoms with Gasteiger partial charge >= 0.3 is 0 Å². The van der Waals surface area contributed by atoms with Crippen LogP contribution in [-0.2, 0) is 14.9 Å². The number of hydrogen-bond donors (Lipinski definition) is 2. The second-order valence-corrected chi connectivity index (χ2v) is 9.62. The van der Waals surface area contributed by atoms with Crippen LogP contribution in [0.15, 0.2) is 19.8 Å². The Hall–Kier alpha value is -2.33. The average Bonchev–Trinajstić information content (AvgIpc) is 3.51. The number of nitrogens with zero attached hydrogens (tertiary/aromatic N) is 2. The number of amides is 1. The van der Waals surface area contributed by atoms with Crippen molar-refractivity contribution < 1.29 is 23.6 Å². The van der Waals surface area contributed by atoms with Crippen LogP contribution in [0.4, 0.5) is 0 Å². The molecule has 32 heavy (non-hydrogen) atoms. The zero-order chi connectivity index (χ0) is 22.7. The highest BCUT2D eigenvalue weighted by atomic mass is 32.2. The number of hydrogen-bond acceptors (Lipinski definition) is 9. The SMILES string of the molecule is CSCCC(NC(=O)CC1(c2oc(C)cc(=O)c2O)CCOCC1)c1nc(C2CC2)no1. The lowest BCUT2D eigenvalue weighted by atomic mass is 9.74. The molecule has 1 aliphatic carbocycles. The first kappa shape index (κ1) is 22.8. The van der Waals surface area contributed by atoms with Crippen molar-refractivity contribution in [3.05, 3.63) is 39.5 Å². The van der Waals surface area contributed by atoms with E-state index in [2.05, 4.69) is 15.5 Å². The molecule has 2 aromatic heterocycles. The molecule has 9 nitrogen and oxygen atoms in total. The minimum Gasteiger partial charge on any atom is -0.502 e. The summed E-state index contributed by atoms with van der Waals surface area (Å²) in [5.41, 5.74) is -1.33. The third-order valence-corrected chi connectivity index (χ3v) is 6.76. The van der Waals surface area contributed by atoms with Gasteiger partial charge in [0, 0.05) is 37.0 Å². The fourth-order valence-electron chi connectivity index (χ4n) is 4.15. The minimum atomic E-state index is -0.824. The Morgan fingerprint density at radius 1 is 1.38 bits per heavy atom. The van der Waals surface area contributed by atoms with E-state index in [9.17, 15) is 14.7 Å². The number of thioether (sulfide) groups is 1. The molecule has 0 radical (unpaired) electrons. The molecular formula is C22H29N3O6S. The topological polar surface area (TPSA) is 128 Å². The van der Waals surface area contributed by atoms with Gasteiger partial charge in [0.05, 0.1) is 0 Å². The number of aromatic nitrogens is 2. The molecule has 1 unspecified atom stereocenters. The number of aromatic hydroxyl groups is 1. The molecule has 4 rings (SSSR count). The van der Waals surface area contributed by atoms with Gasteiger partial charge in [0.1, 0.15) is 11.8 Å². The highest BCUT2D eigenvalue weighted by Crippen LogP contribution is 2.42. The maximum Gasteiger partial charge on any atom is 0.249 e. The van der Waals surface area contributed by atoms with Crippen molar-refractivity contribution in [2.45, 2.75) is 62.8 Å². The van der Waals surface area contributed by atoms with Crippen molar-refractivity contribution in [3.8, 4) is 5.75 Å². The number of carbonyl (C=O) groups is 1. The van der Waals surface area contributed by atoms with Crippen molar-refractivity contribution in [1.82, 2.24) is 15.5 Å². The number of rotatable bonds is 9. The van der Waals surface area contributed by atoms with Crippen LogP contribution in [0.25, 0.3) is 0 Å². The van der Waals surface area contributed by atoms with Crippen LogP contribution >= 0.6 is 11.8 Å². The number of ether oxygens (including phenoxy) is 1. The molecule has 1 amide bonds. The summed E-state index contributed by atoms with van der Waals surface area (Å²) in [5, 5.41) is 17.6. The molecule has 174 valence electrons. The van der Waals surface area contributed by atoms with Gasteiger partial charge in [-0.05, 0) is 51.0 Å². The van der Waals surface area contributed by atoms with Gasteiger partial charge in [-0.2, -0.15) is 16.7 Å². The van der Waals surface area contributed by atoms with Gasteiger partial charge in [-0.15, -0.1) is 0 Å². The molecule has 0 aromatic carbocycles. The quantitative estimate of drug-likeness (QED) is 0.577. The number of carbonyl (C=O) groups excluding carboxylic acids is 1. The van der Waals surface area contributed by atoms with Gasteiger partial charge < -0.3 is 24.1 Å². The van der Waals surface area contributed by atoms with Crippen molar-refractivity contribution >= 4 is 17.7 Å². The summed E-state index contributed by atoms with van der Waals surface area (Å²) in [6, 6.07) is 0.849. The van der Waals surface area contributed by atoms with Crippen molar-refractivity contribution in [2.24, 2.45) is 0 Å². The van der Waals surface area contributed by atoms with Gasteiger partial charge in [-0.25, -0.2) is 0 Å². The van der Waals surface area contributed by atoms with Crippen LogP contribution in [0.5, 0.6) is 5.75 Å². The monoisotopic (exact) mass is 463 g/mol. The normalized spacial score (nSPS) is 18.9. The van der Waals surface area contributed by atoms with Crippen molar-refractivity contribution in [2.75, 3.05) is 25.2 Å². The molecule has 1 atom stereocenters. The number of aryl methyl sites for hydroxylation is 1. The smallest absolute Gasteiger partial charge is 0.249 e. The first-order chi connectivity index (χ1) is 15.4. The Kier molecular flexibility index (Phi) is 6.90. The zero-order valence-corrected chi connectivity index (χ0v) is 19.2. The maximum atomic E-state index is 13.2. The Balaban J connectivity index is 1.56. The first-order valence-electron chi connectivity index (χ1n) is 11.0. The van der Waals surface area contributed by atoms with Gasteiger partial charge in [0.2, 0.25) is 23.0 Å². The van der Waals surface area contributed by atoms with E-state index in [4.69, 9.17) is 13.7 Å². The van der Waals surface area contributed by atoms with Gasteiger partial charge in [-0.1, -0.05) is 5.16 Å². The first-order valence-corrected chi connectivity index (χ1v) is 12.3. The minimum absolute atomic E-state index is 0.0513. The average molecular weight is 464 g/mol. The summed E-state index contributed by atoms with van der Waals surface area (Å²) in [7, 11) is 0. The molecule has 1 aliphatic heterocycles. The number of nitrogens with one attached hydrogen (secondary N) is 1. The molecule has 0 bridgehead atoms. The van der Waals surface area contributed by atoms with Crippen LogP contribution in [0.1, 0.15) is 73.7 Å². The summed E-state index contributed by atoms with van der Waals surface area (Å²) < 4.78 is 16.8. The van der Waals surface area contributed by atoms with E-state index in [1.165, 1.54) is 6.07 Å². The summed E-state index contributed by atoms with van der Waals surface area (Å²) in [6.45, 7) is 2.48. The molecule has 2 fully saturated rings. The van der Waals surface area contributed by atoms with Gasteiger partial charge in [0.25, 0.3) is 0 Å². The predicted octanol–water partition coefficient (Wildman–Crippen LogP) is 2.96. The van der Waals surface area contributed by atoms with Crippen LogP contribution in [0.2, 0.25) is 0 Å². The molecule has 3 heterocycles. The van der Waals surface area contributed by atoms with E-state index in [0.717, 1.165) is 18.6 Å². The molecule has 0 spiro atoms. The van der Waals surface area contributed by atoms with Crippen LogP contribution < -0.4 is 10.7 Å². The lowest BCUT2D eigenvalue weighted by molar-refractivity contribution is -0.124. The van der Waals surface area contributed by atoms with E-state index in [-0.39, 0.29) is 18.1 Å². The largest absolute Gasteiger partial charge is 0.502 e. The van der Waals surface area contributed by atoms with Crippen molar-refractivity contribution in [1.29, 1.82) is 0 Å². The Labute approximate surface area is 190 Å². The van der Waals surface area contributed by atoms with Crippen LogP contribution in [0, 0.1) is 6.92 Å². The second kappa shape index (κ2) is 9.66. The molecule has 2 aromatic rings. The zero-order valence-electron chi connectivity index (χ0n) is 18.4. The summed E-state index contributed by atoms with van der Waals surface area (Å²) >= 11 is 1.67. The fraction of sp³-hybridized carbons (Fsp3) is 0.636. The summed E-state index contributed by atoms with van der Waals surface area (Å²) in [6.07, 6.45) is 5.76. The third kappa shape index (κ3) is 5.01. The van der Waals surface area contributed by atoms with E-state index >= 15 is 0 Å². The third-order valence-electron chi connectivity index (χ3n) is 6.12. The fourth-order valence-corrected chi connectivity index (χ4v) is 4.62. The van der Waals surface area contributed by atoms with Crippen molar-refractivity contribution in [3.63, 3.8) is 0 Å². The molecule has 1 saturated carbocycles. The highest BCUT2D eigenvalue weighted by molar-refractivity contribution is 7.98. The van der Waals surface area contributed by atoms with Crippen LogP contribution in [-0.4, -0.2) is 46.4 Å². The lowest BCUT2D eigenvalue weighted by Gasteiger charge is -2.36. The highest BCUT2D eigenvalue weighted by Gasteiger charge is 2.42. The lowest BCUT2D eigenvalue weighted by Crippen LogP contribution is -2.41. The Bertz CT molecular complexity index is 1010. The van der Waals surface area contributed by atoms with Crippen LogP contribution in [0.3, 0.4) is 0 Å². The second-order valence-electron chi connectivity index (χ2n) is 8.64. The summed E-state index contributed by atoms with van der Waals surface area (Å²) in [5.74, 6) is 2.19. The van der Waals surface area contributed by atoms with E-state index in [0.29, 0.717) is 55.9 Å². The Morgan fingerprint density at radius 3 is 2.81 bits per heavy atom. The van der Waals surface area contributed by atoms with E-state index < -0.39 is 22.6 Å². The molecule has 10 heteroatoms.